The second-order valence-corrected chi connectivity index (χ2v) is 4.90. The van der Waals surface area contributed by atoms with Crippen LogP contribution in [-0.2, 0) is 11.2 Å². The van der Waals surface area contributed by atoms with Crippen LogP contribution < -0.4 is 5.32 Å². The Kier molecular flexibility index (Phi) is 4.56. The summed E-state index contributed by atoms with van der Waals surface area (Å²) in [5.74, 6) is -0.265. The molecule has 0 saturated carbocycles. The Morgan fingerprint density at radius 2 is 2.00 bits per heavy atom. The first-order valence-corrected chi connectivity index (χ1v) is 6.81. The number of hydrogen-bond donors (Lipinski definition) is 1. The van der Waals surface area contributed by atoms with E-state index < -0.39 is 0 Å². The van der Waals surface area contributed by atoms with Crippen LogP contribution in [0.25, 0.3) is 5.69 Å². The summed E-state index contributed by atoms with van der Waals surface area (Å²) in [5.41, 5.74) is 1.74. The highest BCUT2D eigenvalue weighted by atomic mass is 19.1. The molecule has 3 nitrogen and oxygen atoms in total. The second kappa shape index (κ2) is 6.37. The van der Waals surface area contributed by atoms with Crippen molar-refractivity contribution in [2.45, 2.75) is 32.7 Å². The molecule has 2 rings (SSSR count). The molecule has 0 spiro atoms. The number of nitrogens with zero attached hydrogens (tertiary/aromatic N) is 1. The molecule has 2 aromatic rings. The number of rotatable bonds is 5. The van der Waals surface area contributed by atoms with Gasteiger partial charge in [0.15, 0.2) is 0 Å². The Labute approximate surface area is 118 Å². The molecule has 106 valence electrons. The highest BCUT2D eigenvalue weighted by Gasteiger charge is 2.10. The summed E-state index contributed by atoms with van der Waals surface area (Å²) in [6.07, 6.45) is 3.10. The van der Waals surface area contributed by atoms with Gasteiger partial charge in [0.05, 0.1) is 6.42 Å². The second-order valence-electron chi connectivity index (χ2n) is 4.90. The van der Waals surface area contributed by atoms with Gasteiger partial charge < -0.3 is 9.88 Å². The quantitative estimate of drug-likeness (QED) is 0.893. The van der Waals surface area contributed by atoms with E-state index >= 15 is 0 Å². The molecule has 0 aliphatic carbocycles. The number of benzene rings is 1. The zero-order valence-electron chi connectivity index (χ0n) is 11.8. The fourth-order valence-electron chi connectivity index (χ4n) is 2.01. The van der Waals surface area contributed by atoms with E-state index in [0.717, 1.165) is 17.8 Å². The highest BCUT2D eigenvalue weighted by Crippen LogP contribution is 2.14. The van der Waals surface area contributed by atoms with Crippen molar-refractivity contribution in [3.8, 4) is 5.69 Å². The first-order valence-electron chi connectivity index (χ1n) is 6.81. The van der Waals surface area contributed by atoms with Gasteiger partial charge in [-0.3, -0.25) is 4.79 Å². The van der Waals surface area contributed by atoms with Crippen LogP contribution in [0.1, 0.15) is 26.0 Å². The number of amides is 1. The molecule has 0 aliphatic heterocycles. The van der Waals surface area contributed by atoms with Crippen LogP contribution in [0.2, 0.25) is 0 Å². The predicted molar refractivity (Wildman–Crippen MR) is 77.3 cm³/mol. The van der Waals surface area contributed by atoms with Crippen LogP contribution in [0.3, 0.4) is 0 Å². The molecule has 0 radical (unpaired) electrons. The third-order valence-corrected chi connectivity index (χ3v) is 3.30. The van der Waals surface area contributed by atoms with E-state index in [2.05, 4.69) is 5.32 Å². The van der Waals surface area contributed by atoms with Crippen molar-refractivity contribution in [3.05, 3.63) is 54.1 Å². The summed E-state index contributed by atoms with van der Waals surface area (Å²) >= 11 is 0. The minimum absolute atomic E-state index is 0.00131. The maximum Gasteiger partial charge on any atom is 0.226 e. The number of carbonyl (C=O) groups is 1. The highest BCUT2D eigenvalue weighted by molar-refractivity contribution is 5.78. The number of carbonyl (C=O) groups excluding carboxylic acids is 1. The van der Waals surface area contributed by atoms with Gasteiger partial charge in [0, 0.05) is 23.6 Å². The SMILES string of the molecule is CC[C@H](C)NC(=O)Cc1cccn1-c1ccc(F)cc1. The Morgan fingerprint density at radius 3 is 2.65 bits per heavy atom. The monoisotopic (exact) mass is 274 g/mol. The van der Waals surface area contributed by atoms with Crippen LogP contribution in [0.15, 0.2) is 42.6 Å². The third-order valence-electron chi connectivity index (χ3n) is 3.30. The van der Waals surface area contributed by atoms with E-state index in [1.807, 2.05) is 36.7 Å². The molecule has 1 N–H and O–H groups in total. The van der Waals surface area contributed by atoms with Gasteiger partial charge in [0.1, 0.15) is 5.82 Å². The average Bonchev–Trinajstić information content (AvgIpc) is 2.87. The van der Waals surface area contributed by atoms with Gasteiger partial charge in [-0.15, -0.1) is 0 Å². The van der Waals surface area contributed by atoms with E-state index in [9.17, 15) is 9.18 Å². The molecule has 1 atom stereocenters. The lowest BCUT2D eigenvalue weighted by molar-refractivity contribution is -0.121. The standard InChI is InChI=1S/C16H19FN2O/c1-3-12(2)18-16(20)11-15-5-4-10-19(15)14-8-6-13(17)7-9-14/h4-10,12H,3,11H2,1-2H3,(H,18,20)/t12-/m0/s1. The molecule has 0 saturated heterocycles. The summed E-state index contributed by atoms with van der Waals surface area (Å²) in [6, 6.07) is 10.2. The maximum absolute atomic E-state index is 12.9. The third kappa shape index (κ3) is 3.47. The van der Waals surface area contributed by atoms with Crippen LogP contribution >= 0.6 is 0 Å². The van der Waals surface area contributed by atoms with Crippen molar-refractivity contribution in [2.75, 3.05) is 0 Å². The lowest BCUT2D eigenvalue weighted by Crippen LogP contribution is -2.33. The number of halogens is 1. The molecule has 1 aromatic heterocycles. The van der Waals surface area contributed by atoms with Gasteiger partial charge in [-0.25, -0.2) is 4.39 Å². The van der Waals surface area contributed by atoms with Gasteiger partial charge in [-0.2, -0.15) is 0 Å². The smallest absolute Gasteiger partial charge is 0.226 e. The number of nitrogens with one attached hydrogen (secondary N) is 1. The molecule has 1 heterocycles. The van der Waals surface area contributed by atoms with Crippen molar-refractivity contribution < 1.29 is 9.18 Å². The van der Waals surface area contributed by atoms with Gasteiger partial charge in [0.2, 0.25) is 5.91 Å². The largest absolute Gasteiger partial charge is 0.353 e. The van der Waals surface area contributed by atoms with Crippen LogP contribution in [0.4, 0.5) is 4.39 Å². The summed E-state index contributed by atoms with van der Waals surface area (Å²) < 4.78 is 14.8. The predicted octanol–water partition coefficient (Wildman–Crippen LogP) is 3.07. The molecular weight excluding hydrogens is 255 g/mol. The molecule has 1 amide bonds. The van der Waals surface area contributed by atoms with Crippen LogP contribution in [0, 0.1) is 5.82 Å². The minimum atomic E-state index is -0.267. The van der Waals surface area contributed by atoms with E-state index in [1.54, 1.807) is 12.1 Å². The van der Waals surface area contributed by atoms with E-state index in [0.29, 0.717) is 6.42 Å². The minimum Gasteiger partial charge on any atom is -0.353 e. The van der Waals surface area contributed by atoms with E-state index in [4.69, 9.17) is 0 Å². The normalized spacial score (nSPS) is 12.2. The topological polar surface area (TPSA) is 34.0 Å². The average molecular weight is 274 g/mol. The number of hydrogen-bond acceptors (Lipinski definition) is 1. The maximum atomic E-state index is 12.9. The summed E-state index contributed by atoms with van der Waals surface area (Å²) in [5, 5.41) is 2.94. The van der Waals surface area contributed by atoms with Gasteiger partial charge >= 0.3 is 0 Å². The Hall–Kier alpha value is -2.10. The van der Waals surface area contributed by atoms with Crippen LogP contribution in [0.5, 0.6) is 0 Å². The fraction of sp³-hybridized carbons (Fsp3) is 0.312. The first kappa shape index (κ1) is 14.3. The summed E-state index contributed by atoms with van der Waals surface area (Å²) in [7, 11) is 0. The van der Waals surface area contributed by atoms with Crippen molar-refractivity contribution >= 4 is 5.91 Å². The van der Waals surface area contributed by atoms with Gasteiger partial charge in [-0.1, -0.05) is 6.92 Å². The van der Waals surface area contributed by atoms with Crippen molar-refractivity contribution in [3.63, 3.8) is 0 Å². The molecule has 4 heteroatoms. The Bertz CT molecular complexity index is 574. The fourth-order valence-corrected chi connectivity index (χ4v) is 2.01. The molecule has 0 bridgehead atoms. The summed E-state index contributed by atoms with van der Waals surface area (Å²) in [4.78, 5) is 11.9. The zero-order chi connectivity index (χ0) is 14.5. The van der Waals surface area contributed by atoms with E-state index in [-0.39, 0.29) is 17.8 Å². The van der Waals surface area contributed by atoms with Crippen molar-refractivity contribution in [1.82, 2.24) is 9.88 Å². The molecule has 1 aromatic carbocycles. The van der Waals surface area contributed by atoms with Crippen molar-refractivity contribution in [1.29, 1.82) is 0 Å². The Morgan fingerprint density at radius 1 is 1.30 bits per heavy atom. The zero-order valence-corrected chi connectivity index (χ0v) is 11.8. The van der Waals surface area contributed by atoms with Gasteiger partial charge in [0.25, 0.3) is 0 Å². The lowest BCUT2D eigenvalue weighted by atomic mass is 10.2. The van der Waals surface area contributed by atoms with Crippen LogP contribution in [-0.4, -0.2) is 16.5 Å². The molecule has 0 unspecified atom stereocenters. The van der Waals surface area contributed by atoms with Gasteiger partial charge in [-0.05, 0) is 49.7 Å². The molecule has 0 aliphatic rings. The molecule has 20 heavy (non-hydrogen) atoms. The van der Waals surface area contributed by atoms with E-state index in [1.165, 1.54) is 12.1 Å². The van der Waals surface area contributed by atoms with Crippen molar-refractivity contribution in [2.24, 2.45) is 0 Å². The molecular formula is C16H19FN2O. The number of aromatic nitrogens is 1. The molecule has 0 fully saturated rings. The Balaban J connectivity index is 2.13. The first-order chi connectivity index (χ1) is 9.60. The summed E-state index contributed by atoms with van der Waals surface area (Å²) in [6.45, 7) is 4.02. The lowest BCUT2D eigenvalue weighted by Gasteiger charge is -2.13.